The zero-order valence-electron chi connectivity index (χ0n) is 22.7. The Morgan fingerprint density at radius 3 is 2.02 bits per heavy atom. The smallest absolute Gasteiger partial charge is 0.331 e. The van der Waals surface area contributed by atoms with Crippen LogP contribution in [0.15, 0.2) is 60.9 Å². The number of carbonyl (C=O) groups excluding carboxylic acids is 3. The minimum absolute atomic E-state index is 0.0157. The number of aromatic nitrogens is 3. The van der Waals surface area contributed by atoms with Crippen LogP contribution in [0.4, 0.5) is 0 Å². The summed E-state index contributed by atoms with van der Waals surface area (Å²) in [6.45, 7) is 0.0262. The monoisotopic (exact) mass is 550 g/mol. The van der Waals surface area contributed by atoms with Gasteiger partial charge in [0.25, 0.3) is 0 Å². The normalized spacial score (nSPS) is 12.2. The van der Waals surface area contributed by atoms with Crippen LogP contribution < -0.4 is 10.1 Å². The van der Waals surface area contributed by atoms with Crippen LogP contribution in [-0.2, 0) is 23.9 Å². The van der Waals surface area contributed by atoms with E-state index in [4.69, 9.17) is 14.5 Å². The largest absolute Gasteiger partial charge is 0.493 e. The standard InChI is InChI=1S/C29H34N4O7/c1-38-27(36)12-14-29(13-8-17-34,28(37)39-2)33-26(35)11-7-18-40-21-19-24(22-9-3-5-15-30-22)32-25(20-21)23-10-4-6-16-31-23/h3-6,9-10,15-16,19-20,34H,7-8,11-14,17-18H2,1-2H3,(H,33,35). The molecule has 3 heterocycles. The number of pyridine rings is 3. The summed E-state index contributed by atoms with van der Waals surface area (Å²) < 4.78 is 15.6. The number of aliphatic hydroxyl groups is 1. The van der Waals surface area contributed by atoms with Gasteiger partial charge in [-0.2, -0.15) is 0 Å². The summed E-state index contributed by atoms with van der Waals surface area (Å²) in [5.41, 5.74) is 1.14. The summed E-state index contributed by atoms with van der Waals surface area (Å²) in [4.78, 5) is 50.7. The molecule has 0 saturated carbocycles. The van der Waals surface area contributed by atoms with Gasteiger partial charge in [-0.1, -0.05) is 12.1 Å². The molecule has 3 aromatic heterocycles. The van der Waals surface area contributed by atoms with E-state index in [0.29, 0.717) is 34.9 Å². The molecule has 11 nitrogen and oxygen atoms in total. The minimum Gasteiger partial charge on any atom is -0.493 e. The fourth-order valence-electron chi connectivity index (χ4n) is 4.13. The molecule has 0 saturated heterocycles. The van der Waals surface area contributed by atoms with Crippen molar-refractivity contribution in [3.63, 3.8) is 0 Å². The highest BCUT2D eigenvalue weighted by Crippen LogP contribution is 2.27. The molecule has 0 fully saturated rings. The Hall–Kier alpha value is -4.38. The highest BCUT2D eigenvalue weighted by molar-refractivity contribution is 5.88. The lowest BCUT2D eigenvalue weighted by Crippen LogP contribution is -2.55. The molecule has 0 bridgehead atoms. The Bertz CT molecular complexity index is 1200. The van der Waals surface area contributed by atoms with Crippen LogP contribution >= 0.6 is 0 Å². The van der Waals surface area contributed by atoms with E-state index in [2.05, 4.69) is 20.0 Å². The zero-order chi connectivity index (χ0) is 28.8. The first-order valence-electron chi connectivity index (χ1n) is 13.0. The van der Waals surface area contributed by atoms with Crippen LogP contribution in [0.1, 0.15) is 38.5 Å². The molecule has 0 radical (unpaired) electrons. The number of amides is 1. The van der Waals surface area contributed by atoms with Crippen molar-refractivity contribution in [1.82, 2.24) is 20.3 Å². The van der Waals surface area contributed by atoms with Crippen molar-refractivity contribution in [1.29, 1.82) is 0 Å². The third-order valence-electron chi connectivity index (χ3n) is 6.17. The highest BCUT2D eigenvalue weighted by Gasteiger charge is 2.40. The van der Waals surface area contributed by atoms with Gasteiger partial charge in [0, 0.05) is 44.0 Å². The van der Waals surface area contributed by atoms with Gasteiger partial charge in [-0.15, -0.1) is 0 Å². The van der Waals surface area contributed by atoms with Gasteiger partial charge in [-0.3, -0.25) is 19.6 Å². The highest BCUT2D eigenvalue weighted by atomic mass is 16.5. The number of hydrogen-bond acceptors (Lipinski definition) is 10. The maximum Gasteiger partial charge on any atom is 0.331 e. The average molecular weight is 551 g/mol. The molecule has 212 valence electrons. The second-order valence-electron chi connectivity index (χ2n) is 8.98. The van der Waals surface area contributed by atoms with E-state index in [-0.39, 0.29) is 45.3 Å². The second-order valence-corrected chi connectivity index (χ2v) is 8.98. The Balaban J connectivity index is 1.68. The molecule has 11 heteroatoms. The van der Waals surface area contributed by atoms with Gasteiger partial charge in [0.15, 0.2) is 0 Å². The van der Waals surface area contributed by atoms with Gasteiger partial charge >= 0.3 is 11.9 Å². The number of methoxy groups -OCH3 is 2. The first kappa shape index (κ1) is 30.2. The van der Waals surface area contributed by atoms with Crippen molar-refractivity contribution >= 4 is 17.8 Å². The van der Waals surface area contributed by atoms with Gasteiger partial charge in [0.05, 0.1) is 43.6 Å². The molecule has 3 rings (SSSR count). The van der Waals surface area contributed by atoms with Crippen LogP contribution in [0.2, 0.25) is 0 Å². The lowest BCUT2D eigenvalue weighted by molar-refractivity contribution is -0.153. The van der Waals surface area contributed by atoms with Crippen molar-refractivity contribution in [3.8, 4) is 28.5 Å². The van der Waals surface area contributed by atoms with E-state index in [1.807, 2.05) is 36.4 Å². The Morgan fingerprint density at radius 2 is 1.50 bits per heavy atom. The molecule has 2 N–H and O–H groups in total. The maximum atomic E-state index is 12.9. The summed E-state index contributed by atoms with van der Waals surface area (Å²) in [7, 11) is 2.46. The number of hydrogen-bond donors (Lipinski definition) is 2. The number of esters is 2. The van der Waals surface area contributed by atoms with Gasteiger partial charge in [-0.05, 0) is 49.9 Å². The van der Waals surface area contributed by atoms with E-state index < -0.39 is 23.4 Å². The van der Waals surface area contributed by atoms with Crippen molar-refractivity contribution < 1.29 is 33.7 Å². The quantitative estimate of drug-likeness (QED) is 0.213. The molecular weight excluding hydrogens is 516 g/mol. The van der Waals surface area contributed by atoms with Gasteiger partial charge < -0.3 is 24.6 Å². The van der Waals surface area contributed by atoms with E-state index in [9.17, 15) is 19.5 Å². The Kier molecular flexibility index (Phi) is 11.5. The predicted molar refractivity (Wildman–Crippen MR) is 146 cm³/mol. The van der Waals surface area contributed by atoms with E-state index in [1.54, 1.807) is 24.5 Å². The summed E-state index contributed by atoms with van der Waals surface area (Å²) >= 11 is 0. The third kappa shape index (κ3) is 8.57. The Labute approximate surface area is 232 Å². The lowest BCUT2D eigenvalue weighted by Gasteiger charge is -2.32. The van der Waals surface area contributed by atoms with E-state index in [1.165, 1.54) is 14.2 Å². The van der Waals surface area contributed by atoms with Gasteiger partial charge in [-0.25, -0.2) is 9.78 Å². The maximum absolute atomic E-state index is 12.9. The first-order chi connectivity index (χ1) is 19.4. The molecule has 0 spiro atoms. The molecule has 0 aromatic carbocycles. The molecular formula is C29H34N4O7. The van der Waals surface area contributed by atoms with Crippen LogP contribution in [0, 0.1) is 0 Å². The first-order valence-corrected chi connectivity index (χ1v) is 13.0. The van der Waals surface area contributed by atoms with Crippen molar-refractivity contribution in [2.75, 3.05) is 27.4 Å². The minimum atomic E-state index is -1.45. The number of nitrogens with one attached hydrogen (secondary N) is 1. The van der Waals surface area contributed by atoms with Crippen molar-refractivity contribution in [2.24, 2.45) is 0 Å². The van der Waals surface area contributed by atoms with Crippen LogP contribution in [0.5, 0.6) is 5.75 Å². The molecule has 1 atom stereocenters. The molecule has 0 aliphatic carbocycles. The number of nitrogens with zero attached hydrogens (tertiary/aromatic N) is 3. The average Bonchev–Trinajstić information content (AvgIpc) is 3.00. The number of aliphatic hydroxyl groups excluding tert-OH is 1. The topological polar surface area (TPSA) is 150 Å². The summed E-state index contributed by atoms with van der Waals surface area (Å²) in [5.74, 6) is -1.07. The third-order valence-corrected chi connectivity index (χ3v) is 6.17. The van der Waals surface area contributed by atoms with E-state index in [0.717, 1.165) is 0 Å². The Morgan fingerprint density at radius 1 is 0.850 bits per heavy atom. The molecule has 0 aliphatic rings. The SMILES string of the molecule is COC(=O)CCC(CCCO)(NC(=O)CCCOc1cc(-c2ccccn2)nc(-c2ccccn2)c1)C(=O)OC. The molecule has 0 aliphatic heterocycles. The molecule has 3 aromatic rings. The molecule has 40 heavy (non-hydrogen) atoms. The van der Waals surface area contributed by atoms with Gasteiger partial charge in [0.1, 0.15) is 11.3 Å². The fourth-order valence-corrected chi connectivity index (χ4v) is 4.13. The van der Waals surface area contributed by atoms with Crippen molar-refractivity contribution in [2.45, 2.75) is 44.1 Å². The summed E-state index contributed by atoms with van der Waals surface area (Å²) in [6, 6.07) is 14.6. The van der Waals surface area contributed by atoms with Crippen LogP contribution in [0.3, 0.4) is 0 Å². The predicted octanol–water partition coefficient (Wildman–Crippen LogP) is 3.12. The van der Waals surface area contributed by atoms with E-state index >= 15 is 0 Å². The number of carbonyl (C=O) groups is 3. The second kappa shape index (κ2) is 15.3. The number of rotatable bonds is 15. The number of ether oxygens (including phenoxy) is 3. The van der Waals surface area contributed by atoms with Gasteiger partial charge in [0.2, 0.25) is 5.91 Å². The summed E-state index contributed by atoms with van der Waals surface area (Å²) in [5, 5.41) is 12.1. The van der Waals surface area contributed by atoms with Crippen LogP contribution in [0.25, 0.3) is 22.8 Å². The molecule has 1 amide bonds. The van der Waals surface area contributed by atoms with Crippen molar-refractivity contribution in [3.05, 3.63) is 60.9 Å². The molecule has 1 unspecified atom stereocenters. The summed E-state index contributed by atoms with van der Waals surface area (Å²) in [6.07, 6.45) is 4.00. The van der Waals surface area contributed by atoms with Crippen LogP contribution in [-0.4, -0.2) is 70.9 Å². The lowest BCUT2D eigenvalue weighted by atomic mass is 9.87. The fraction of sp³-hybridized carbons (Fsp3) is 0.379. The zero-order valence-corrected chi connectivity index (χ0v) is 22.7.